The molecule has 0 aliphatic heterocycles. The van der Waals surface area contributed by atoms with Gasteiger partial charge in [0, 0.05) is 11.3 Å². The number of rotatable bonds is 1. The van der Waals surface area contributed by atoms with Crippen molar-refractivity contribution >= 4 is 11.2 Å². The zero-order valence-corrected chi connectivity index (χ0v) is 9.04. The maximum Gasteiger partial charge on any atom is 0.197 e. The molecule has 4 nitrogen and oxygen atoms in total. The zero-order chi connectivity index (χ0) is 11.8. The summed E-state index contributed by atoms with van der Waals surface area (Å²) in [5, 5.41) is 9.88. The molecule has 17 heavy (non-hydrogen) atoms. The normalized spacial score (nSPS) is 10.8. The minimum Gasteiger partial charge on any atom is -0.494 e. The summed E-state index contributed by atoms with van der Waals surface area (Å²) in [6, 6.07) is 12.8. The van der Waals surface area contributed by atoms with Crippen LogP contribution in [0.2, 0.25) is 0 Å². The smallest absolute Gasteiger partial charge is 0.197 e. The number of nitrogens with zero attached hydrogens (tertiary/aromatic N) is 2. The van der Waals surface area contributed by atoms with E-state index in [9.17, 15) is 5.11 Å². The first kappa shape index (κ1) is 9.72. The van der Waals surface area contributed by atoms with Gasteiger partial charge in [0.1, 0.15) is 5.82 Å². The van der Waals surface area contributed by atoms with Crippen LogP contribution in [0, 0.1) is 0 Å². The molecular weight excluding hydrogens is 214 g/mol. The summed E-state index contributed by atoms with van der Waals surface area (Å²) in [7, 11) is 0. The molecule has 0 aliphatic rings. The first-order chi connectivity index (χ1) is 8.27. The maximum absolute atomic E-state index is 9.88. The highest BCUT2D eigenvalue weighted by Crippen LogP contribution is 2.27. The van der Waals surface area contributed by atoms with Gasteiger partial charge in [0.25, 0.3) is 0 Å². The van der Waals surface area contributed by atoms with Gasteiger partial charge < -0.3 is 10.8 Å². The average Bonchev–Trinajstić information content (AvgIpc) is 2.75. The van der Waals surface area contributed by atoms with Crippen LogP contribution in [0.5, 0.6) is 5.88 Å². The third-order valence-electron chi connectivity index (χ3n) is 2.73. The van der Waals surface area contributed by atoms with Crippen LogP contribution in [0.1, 0.15) is 0 Å². The lowest BCUT2D eigenvalue weighted by molar-refractivity contribution is 0.447. The van der Waals surface area contributed by atoms with Gasteiger partial charge in [-0.05, 0) is 24.3 Å². The Kier molecular flexibility index (Phi) is 2.01. The van der Waals surface area contributed by atoms with Crippen molar-refractivity contribution in [1.82, 2.24) is 9.38 Å². The van der Waals surface area contributed by atoms with Gasteiger partial charge in [0.15, 0.2) is 5.88 Å². The van der Waals surface area contributed by atoms with Crippen LogP contribution in [0.15, 0.2) is 48.7 Å². The van der Waals surface area contributed by atoms with Crippen LogP contribution in [-0.4, -0.2) is 14.5 Å². The summed E-state index contributed by atoms with van der Waals surface area (Å²) < 4.78 is 1.67. The number of nitrogens with two attached hydrogens (primary N) is 1. The molecule has 0 fully saturated rings. The molecule has 0 spiro atoms. The maximum atomic E-state index is 9.88. The molecule has 0 bridgehead atoms. The molecule has 0 saturated heterocycles. The number of anilines is 1. The molecule has 0 radical (unpaired) electrons. The Hall–Kier alpha value is -2.49. The fourth-order valence-corrected chi connectivity index (χ4v) is 1.92. The Balaban J connectivity index is 2.36. The fourth-order valence-electron chi connectivity index (χ4n) is 1.92. The highest BCUT2D eigenvalue weighted by Gasteiger charge is 2.10. The van der Waals surface area contributed by atoms with E-state index >= 15 is 0 Å². The van der Waals surface area contributed by atoms with E-state index in [1.807, 2.05) is 30.3 Å². The van der Waals surface area contributed by atoms with E-state index in [0.717, 1.165) is 11.1 Å². The molecule has 84 valence electrons. The van der Waals surface area contributed by atoms with E-state index in [0.29, 0.717) is 11.5 Å². The number of fused-ring (bicyclic) bond motifs is 1. The molecule has 0 unspecified atom stereocenters. The lowest BCUT2D eigenvalue weighted by atomic mass is 10.1. The van der Waals surface area contributed by atoms with E-state index in [4.69, 9.17) is 5.73 Å². The van der Waals surface area contributed by atoms with Gasteiger partial charge in [-0.15, -0.1) is 0 Å². The number of hydrogen-bond donors (Lipinski definition) is 2. The lowest BCUT2D eigenvalue weighted by Crippen LogP contribution is -1.94. The minimum atomic E-state index is 0.151. The number of hydrogen-bond acceptors (Lipinski definition) is 3. The van der Waals surface area contributed by atoms with Crippen molar-refractivity contribution in [2.24, 2.45) is 0 Å². The molecule has 0 aliphatic carbocycles. The number of aromatic nitrogens is 2. The third kappa shape index (κ3) is 1.42. The summed E-state index contributed by atoms with van der Waals surface area (Å²) in [5.41, 5.74) is 8.21. The Morgan fingerprint density at radius 1 is 1.06 bits per heavy atom. The van der Waals surface area contributed by atoms with Gasteiger partial charge in [-0.25, -0.2) is 4.98 Å². The second-order valence-electron chi connectivity index (χ2n) is 3.81. The largest absolute Gasteiger partial charge is 0.494 e. The van der Waals surface area contributed by atoms with Crippen LogP contribution in [-0.2, 0) is 0 Å². The van der Waals surface area contributed by atoms with Gasteiger partial charge in [-0.3, -0.25) is 4.40 Å². The second-order valence-corrected chi connectivity index (χ2v) is 3.81. The molecule has 3 N–H and O–H groups in total. The van der Waals surface area contributed by atoms with Crippen molar-refractivity contribution in [3.63, 3.8) is 0 Å². The fraction of sp³-hybridized carbons (Fsp3) is 0. The quantitative estimate of drug-likeness (QED) is 0.624. The van der Waals surface area contributed by atoms with Crippen molar-refractivity contribution in [2.75, 3.05) is 5.73 Å². The number of pyridine rings is 1. The topological polar surface area (TPSA) is 63.5 Å². The summed E-state index contributed by atoms with van der Waals surface area (Å²) >= 11 is 0. The number of nitrogen functional groups attached to an aromatic ring is 1. The standard InChI is InChI=1S/C13H11N3O/c14-11-6-2-1-5-10(11)13-15-8-9-4-3-7-12(17)16(9)13/h1-8,17H,14H2. The average molecular weight is 225 g/mol. The third-order valence-corrected chi connectivity index (χ3v) is 2.73. The molecule has 1 aromatic carbocycles. The molecule has 0 amide bonds. The Morgan fingerprint density at radius 3 is 2.71 bits per heavy atom. The Morgan fingerprint density at radius 2 is 1.88 bits per heavy atom. The SMILES string of the molecule is Nc1ccccc1-c1ncc2cccc(O)n12. The molecule has 0 saturated carbocycles. The summed E-state index contributed by atoms with van der Waals surface area (Å²) in [6.45, 7) is 0. The summed E-state index contributed by atoms with van der Waals surface area (Å²) in [5.74, 6) is 0.800. The van der Waals surface area contributed by atoms with Gasteiger partial charge >= 0.3 is 0 Å². The van der Waals surface area contributed by atoms with Crippen molar-refractivity contribution < 1.29 is 5.11 Å². The molecule has 2 heterocycles. The predicted molar refractivity (Wildman–Crippen MR) is 66.7 cm³/mol. The summed E-state index contributed by atoms with van der Waals surface area (Å²) in [6.07, 6.45) is 1.71. The number of para-hydroxylation sites is 1. The highest BCUT2D eigenvalue weighted by molar-refractivity contribution is 5.74. The summed E-state index contributed by atoms with van der Waals surface area (Å²) in [4.78, 5) is 4.31. The van der Waals surface area contributed by atoms with E-state index in [1.54, 1.807) is 22.7 Å². The second kappa shape index (κ2) is 3.52. The molecule has 2 aromatic heterocycles. The van der Waals surface area contributed by atoms with Crippen LogP contribution in [0.3, 0.4) is 0 Å². The number of aromatic hydroxyl groups is 1. The van der Waals surface area contributed by atoms with E-state index in [2.05, 4.69) is 4.98 Å². The van der Waals surface area contributed by atoms with E-state index in [-0.39, 0.29) is 5.88 Å². The number of benzene rings is 1. The van der Waals surface area contributed by atoms with Crippen molar-refractivity contribution in [1.29, 1.82) is 0 Å². The minimum absolute atomic E-state index is 0.151. The molecule has 3 rings (SSSR count). The van der Waals surface area contributed by atoms with Crippen molar-refractivity contribution in [3.8, 4) is 17.3 Å². The first-order valence-corrected chi connectivity index (χ1v) is 5.27. The molecular formula is C13H11N3O. The predicted octanol–water partition coefficient (Wildman–Crippen LogP) is 2.29. The highest BCUT2D eigenvalue weighted by atomic mass is 16.3. The van der Waals surface area contributed by atoms with Crippen LogP contribution in [0.25, 0.3) is 16.9 Å². The first-order valence-electron chi connectivity index (χ1n) is 5.27. The van der Waals surface area contributed by atoms with Crippen LogP contribution >= 0.6 is 0 Å². The zero-order valence-electron chi connectivity index (χ0n) is 9.04. The lowest BCUT2D eigenvalue weighted by Gasteiger charge is -2.06. The van der Waals surface area contributed by atoms with Crippen molar-refractivity contribution in [2.45, 2.75) is 0 Å². The van der Waals surface area contributed by atoms with Crippen molar-refractivity contribution in [3.05, 3.63) is 48.7 Å². The molecule has 0 atom stereocenters. The van der Waals surface area contributed by atoms with Crippen LogP contribution < -0.4 is 5.73 Å². The van der Waals surface area contributed by atoms with Gasteiger partial charge in [-0.1, -0.05) is 18.2 Å². The van der Waals surface area contributed by atoms with E-state index < -0.39 is 0 Å². The Labute approximate surface area is 98.0 Å². The number of imidazole rings is 1. The monoisotopic (exact) mass is 225 g/mol. The molecule has 4 heteroatoms. The molecule has 3 aromatic rings. The van der Waals surface area contributed by atoms with Gasteiger partial charge in [-0.2, -0.15) is 0 Å². The Bertz CT molecular complexity index is 688. The van der Waals surface area contributed by atoms with Gasteiger partial charge in [0.2, 0.25) is 0 Å². The van der Waals surface area contributed by atoms with Crippen LogP contribution in [0.4, 0.5) is 5.69 Å². The van der Waals surface area contributed by atoms with Gasteiger partial charge in [0.05, 0.1) is 11.7 Å². The van der Waals surface area contributed by atoms with E-state index in [1.165, 1.54) is 0 Å².